The lowest BCUT2D eigenvalue weighted by Crippen LogP contribution is -2.47. The van der Waals surface area contributed by atoms with Crippen LogP contribution in [0.2, 0.25) is 0 Å². The first-order valence-corrected chi connectivity index (χ1v) is 4.98. The molecular formula is C10H20IN5. The van der Waals surface area contributed by atoms with Crippen molar-refractivity contribution in [1.29, 1.82) is 0 Å². The predicted octanol–water partition coefficient (Wildman–Crippen LogP) is 1.49. The van der Waals surface area contributed by atoms with Gasteiger partial charge in [-0.15, -0.1) is 24.0 Å². The number of rotatable bonds is 2. The molecule has 3 N–H and O–H groups in total. The normalized spacial score (nSPS) is 11.9. The van der Waals surface area contributed by atoms with Crippen molar-refractivity contribution in [1.82, 2.24) is 20.8 Å². The van der Waals surface area contributed by atoms with Crippen molar-refractivity contribution >= 4 is 29.9 Å². The molecule has 0 radical (unpaired) electrons. The third-order valence-electron chi connectivity index (χ3n) is 1.72. The van der Waals surface area contributed by atoms with Crippen LogP contribution in [0, 0.1) is 0 Å². The van der Waals surface area contributed by atoms with Gasteiger partial charge in [0.15, 0.2) is 5.96 Å². The lowest BCUT2D eigenvalue weighted by Gasteiger charge is -2.23. The van der Waals surface area contributed by atoms with Crippen LogP contribution in [0.25, 0.3) is 0 Å². The van der Waals surface area contributed by atoms with E-state index >= 15 is 0 Å². The summed E-state index contributed by atoms with van der Waals surface area (Å²) in [6.45, 7) is 6.97. The van der Waals surface area contributed by atoms with Crippen molar-refractivity contribution in [2.75, 3.05) is 7.05 Å². The first-order valence-electron chi connectivity index (χ1n) is 4.98. The zero-order valence-electron chi connectivity index (χ0n) is 10.2. The first kappa shape index (κ1) is 15.2. The predicted molar refractivity (Wildman–Crippen MR) is 77.1 cm³/mol. The Bertz CT molecular complexity index is 312. The highest BCUT2D eigenvalue weighted by molar-refractivity contribution is 14.0. The molecule has 0 saturated carbocycles. The standard InChI is InChI=1S/C10H19N5.HI/c1-10(2,3)14-9(11-4)12-7-8-5-6-13-15-8;/h5-6H,7H2,1-4H3,(H,13,15)(H2,11,12,14);1H. The summed E-state index contributed by atoms with van der Waals surface area (Å²) in [5.74, 6) is 0.789. The van der Waals surface area contributed by atoms with E-state index in [1.165, 1.54) is 0 Å². The van der Waals surface area contributed by atoms with Gasteiger partial charge in [-0.3, -0.25) is 10.1 Å². The number of nitrogens with one attached hydrogen (secondary N) is 3. The second kappa shape index (κ2) is 6.72. The van der Waals surface area contributed by atoms with E-state index in [1.807, 2.05) is 6.07 Å². The molecule has 92 valence electrons. The molecule has 0 unspecified atom stereocenters. The molecule has 0 bridgehead atoms. The third kappa shape index (κ3) is 5.94. The van der Waals surface area contributed by atoms with E-state index in [0.717, 1.165) is 11.7 Å². The van der Waals surface area contributed by atoms with Gasteiger partial charge < -0.3 is 10.6 Å². The Morgan fingerprint density at radius 3 is 2.62 bits per heavy atom. The molecule has 1 aromatic rings. The molecule has 1 heterocycles. The molecule has 6 heteroatoms. The van der Waals surface area contributed by atoms with Crippen LogP contribution in [0.3, 0.4) is 0 Å². The molecule has 0 aromatic carbocycles. The summed E-state index contributed by atoms with van der Waals surface area (Å²) in [6.07, 6.45) is 1.73. The highest BCUT2D eigenvalue weighted by Gasteiger charge is 2.11. The Morgan fingerprint density at radius 2 is 2.19 bits per heavy atom. The van der Waals surface area contributed by atoms with E-state index in [2.05, 4.69) is 46.6 Å². The van der Waals surface area contributed by atoms with Gasteiger partial charge in [-0.25, -0.2) is 0 Å². The average molecular weight is 337 g/mol. The van der Waals surface area contributed by atoms with Gasteiger partial charge >= 0.3 is 0 Å². The highest BCUT2D eigenvalue weighted by Crippen LogP contribution is 1.98. The van der Waals surface area contributed by atoms with Crippen LogP contribution in [0.4, 0.5) is 0 Å². The van der Waals surface area contributed by atoms with E-state index in [0.29, 0.717) is 6.54 Å². The summed E-state index contributed by atoms with van der Waals surface area (Å²) >= 11 is 0. The van der Waals surface area contributed by atoms with Crippen molar-refractivity contribution in [3.8, 4) is 0 Å². The molecule has 0 spiro atoms. The molecule has 5 nitrogen and oxygen atoms in total. The molecule has 1 rings (SSSR count). The van der Waals surface area contributed by atoms with E-state index < -0.39 is 0 Å². The van der Waals surface area contributed by atoms with Crippen molar-refractivity contribution in [3.05, 3.63) is 18.0 Å². The number of hydrogen-bond acceptors (Lipinski definition) is 2. The third-order valence-corrected chi connectivity index (χ3v) is 1.72. The summed E-state index contributed by atoms with van der Waals surface area (Å²) in [5, 5.41) is 13.2. The molecule has 1 aromatic heterocycles. The zero-order valence-corrected chi connectivity index (χ0v) is 12.5. The number of hydrogen-bond donors (Lipinski definition) is 3. The van der Waals surface area contributed by atoms with Gasteiger partial charge in [-0.2, -0.15) is 5.10 Å². The molecule has 16 heavy (non-hydrogen) atoms. The second-order valence-corrected chi connectivity index (χ2v) is 4.38. The Hall–Kier alpha value is -0.790. The minimum absolute atomic E-state index is 0. The minimum Gasteiger partial charge on any atom is -0.352 e. The number of aromatic amines is 1. The highest BCUT2D eigenvalue weighted by atomic mass is 127. The summed E-state index contributed by atoms with van der Waals surface area (Å²) in [4.78, 5) is 4.13. The van der Waals surface area contributed by atoms with Gasteiger partial charge in [0.25, 0.3) is 0 Å². The topological polar surface area (TPSA) is 65.1 Å². The van der Waals surface area contributed by atoms with Crippen LogP contribution < -0.4 is 10.6 Å². The van der Waals surface area contributed by atoms with Crippen molar-refractivity contribution in [2.45, 2.75) is 32.9 Å². The average Bonchev–Trinajstić information content (AvgIpc) is 2.62. The summed E-state index contributed by atoms with van der Waals surface area (Å²) in [5.41, 5.74) is 1.04. The van der Waals surface area contributed by atoms with Gasteiger partial charge in [0.1, 0.15) is 0 Å². The minimum atomic E-state index is 0. The van der Waals surface area contributed by atoms with Crippen molar-refractivity contribution < 1.29 is 0 Å². The number of halogens is 1. The Labute approximate surface area is 114 Å². The van der Waals surface area contributed by atoms with Gasteiger partial charge in [-0.1, -0.05) is 0 Å². The van der Waals surface area contributed by atoms with E-state index in [9.17, 15) is 0 Å². The molecule has 0 amide bonds. The van der Waals surface area contributed by atoms with E-state index in [4.69, 9.17) is 0 Å². The van der Waals surface area contributed by atoms with Gasteiger partial charge in [0.2, 0.25) is 0 Å². The monoisotopic (exact) mass is 337 g/mol. The van der Waals surface area contributed by atoms with Gasteiger partial charge in [0.05, 0.1) is 12.2 Å². The summed E-state index contributed by atoms with van der Waals surface area (Å²) in [7, 11) is 1.76. The van der Waals surface area contributed by atoms with Crippen LogP contribution >= 0.6 is 24.0 Å². The Morgan fingerprint density at radius 1 is 1.50 bits per heavy atom. The molecule has 0 aliphatic heterocycles. The fraction of sp³-hybridized carbons (Fsp3) is 0.600. The molecule has 0 fully saturated rings. The smallest absolute Gasteiger partial charge is 0.191 e. The molecule has 0 saturated heterocycles. The van der Waals surface area contributed by atoms with Crippen molar-refractivity contribution in [2.24, 2.45) is 4.99 Å². The van der Waals surface area contributed by atoms with Crippen LogP contribution in [0.1, 0.15) is 26.5 Å². The number of H-pyrrole nitrogens is 1. The number of aliphatic imine (C=N–C) groups is 1. The maximum absolute atomic E-state index is 4.13. The van der Waals surface area contributed by atoms with Gasteiger partial charge in [0, 0.05) is 18.8 Å². The van der Waals surface area contributed by atoms with E-state index in [1.54, 1.807) is 13.2 Å². The second-order valence-electron chi connectivity index (χ2n) is 4.38. The fourth-order valence-electron chi connectivity index (χ4n) is 1.10. The maximum Gasteiger partial charge on any atom is 0.191 e. The number of guanidine groups is 1. The lowest BCUT2D eigenvalue weighted by molar-refractivity contribution is 0.501. The lowest BCUT2D eigenvalue weighted by atomic mass is 10.1. The van der Waals surface area contributed by atoms with Crippen LogP contribution in [-0.2, 0) is 6.54 Å². The zero-order chi connectivity index (χ0) is 11.3. The molecule has 0 aliphatic carbocycles. The van der Waals surface area contributed by atoms with Crippen LogP contribution in [0.15, 0.2) is 17.3 Å². The van der Waals surface area contributed by atoms with Crippen molar-refractivity contribution in [3.63, 3.8) is 0 Å². The molecule has 0 atom stereocenters. The Balaban J connectivity index is 0.00000225. The quantitative estimate of drug-likeness (QED) is 0.435. The SMILES string of the molecule is CN=C(NCc1ccn[nH]1)NC(C)(C)C.I. The summed E-state index contributed by atoms with van der Waals surface area (Å²) in [6, 6.07) is 1.93. The maximum atomic E-state index is 4.13. The van der Waals surface area contributed by atoms with E-state index in [-0.39, 0.29) is 29.5 Å². The first-order chi connectivity index (χ1) is 7.01. The molecule has 0 aliphatic rings. The Kier molecular flexibility index (Phi) is 6.39. The largest absolute Gasteiger partial charge is 0.352 e. The van der Waals surface area contributed by atoms with Crippen LogP contribution in [-0.4, -0.2) is 28.7 Å². The number of nitrogens with zero attached hydrogens (tertiary/aromatic N) is 2. The summed E-state index contributed by atoms with van der Waals surface area (Å²) < 4.78 is 0. The fourth-order valence-corrected chi connectivity index (χ4v) is 1.10. The van der Waals surface area contributed by atoms with Gasteiger partial charge in [-0.05, 0) is 26.8 Å². The van der Waals surface area contributed by atoms with Crippen LogP contribution in [0.5, 0.6) is 0 Å². The number of aromatic nitrogens is 2. The molecular weight excluding hydrogens is 317 g/mol.